The highest BCUT2D eigenvalue weighted by molar-refractivity contribution is 5.84. The molecule has 0 aliphatic carbocycles. The maximum absolute atomic E-state index is 11.9. The van der Waals surface area contributed by atoms with E-state index in [0.717, 1.165) is 13.0 Å². The van der Waals surface area contributed by atoms with Crippen LogP contribution in [0.5, 0.6) is 0 Å². The molecule has 2 N–H and O–H groups in total. The van der Waals surface area contributed by atoms with Gasteiger partial charge in [0.2, 0.25) is 11.8 Å². The van der Waals surface area contributed by atoms with E-state index in [4.69, 9.17) is 5.11 Å². The Hall–Kier alpha value is -1.59. The van der Waals surface area contributed by atoms with E-state index in [0.29, 0.717) is 13.0 Å². The molecule has 19 heavy (non-hydrogen) atoms. The number of carboxylic acid groups (broad SMARTS) is 1. The van der Waals surface area contributed by atoms with Crippen molar-refractivity contribution in [3.05, 3.63) is 0 Å². The number of aliphatic carboxylic acids is 1. The molecule has 0 bridgehead atoms. The Bertz CT molecular complexity index is 370. The molecule has 1 fully saturated rings. The molecule has 1 aliphatic heterocycles. The van der Waals surface area contributed by atoms with Crippen molar-refractivity contribution in [2.75, 3.05) is 13.1 Å². The number of amides is 2. The Labute approximate surface area is 113 Å². The summed E-state index contributed by atoms with van der Waals surface area (Å²) in [5.74, 6) is -2.46. The molecule has 0 saturated carbocycles. The van der Waals surface area contributed by atoms with Crippen LogP contribution in [0, 0.1) is 11.8 Å². The SMILES string of the molecule is CC(CN1CCCC1=O)NC(=O)C(C)C(C)C(=O)O. The molecule has 1 rings (SSSR count). The third-order valence-electron chi connectivity index (χ3n) is 3.61. The molecule has 3 unspecified atom stereocenters. The van der Waals surface area contributed by atoms with E-state index in [9.17, 15) is 14.4 Å². The highest BCUT2D eigenvalue weighted by Gasteiger charge is 2.28. The summed E-state index contributed by atoms with van der Waals surface area (Å²) < 4.78 is 0. The van der Waals surface area contributed by atoms with Gasteiger partial charge in [0.1, 0.15) is 0 Å². The number of hydrogen-bond donors (Lipinski definition) is 2. The summed E-state index contributed by atoms with van der Waals surface area (Å²) in [5.41, 5.74) is 0. The molecular weight excluding hydrogens is 248 g/mol. The van der Waals surface area contributed by atoms with Crippen molar-refractivity contribution in [3.8, 4) is 0 Å². The van der Waals surface area contributed by atoms with Crippen LogP contribution in [0.15, 0.2) is 0 Å². The molecule has 0 aromatic carbocycles. The first kappa shape index (κ1) is 15.5. The first-order valence-corrected chi connectivity index (χ1v) is 6.64. The van der Waals surface area contributed by atoms with Crippen molar-refractivity contribution in [3.63, 3.8) is 0 Å². The van der Waals surface area contributed by atoms with Gasteiger partial charge in [-0.2, -0.15) is 0 Å². The molecule has 3 atom stereocenters. The molecule has 1 saturated heterocycles. The highest BCUT2D eigenvalue weighted by atomic mass is 16.4. The van der Waals surface area contributed by atoms with Gasteiger partial charge < -0.3 is 15.3 Å². The smallest absolute Gasteiger partial charge is 0.307 e. The lowest BCUT2D eigenvalue weighted by Gasteiger charge is -2.24. The van der Waals surface area contributed by atoms with E-state index in [1.165, 1.54) is 6.92 Å². The maximum Gasteiger partial charge on any atom is 0.307 e. The predicted octanol–water partition coefficient (Wildman–Crippen LogP) is 0.470. The van der Waals surface area contributed by atoms with Crippen LogP contribution < -0.4 is 5.32 Å². The van der Waals surface area contributed by atoms with Crippen molar-refractivity contribution in [2.45, 2.75) is 39.7 Å². The first-order valence-electron chi connectivity index (χ1n) is 6.64. The van der Waals surface area contributed by atoms with Crippen molar-refractivity contribution >= 4 is 17.8 Å². The van der Waals surface area contributed by atoms with Gasteiger partial charge in [0, 0.05) is 31.5 Å². The van der Waals surface area contributed by atoms with Gasteiger partial charge in [-0.25, -0.2) is 0 Å². The van der Waals surface area contributed by atoms with Crippen LogP contribution in [0.2, 0.25) is 0 Å². The fraction of sp³-hybridized carbons (Fsp3) is 0.769. The van der Waals surface area contributed by atoms with Gasteiger partial charge in [-0.1, -0.05) is 13.8 Å². The van der Waals surface area contributed by atoms with E-state index in [-0.39, 0.29) is 17.9 Å². The lowest BCUT2D eigenvalue weighted by molar-refractivity contribution is -0.146. The summed E-state index contributed by atoms with van der Waals surface area (Å²) in [4.78, 5) is 35.9. The van der Waals surface area contributed by atoms with Crippen LogP contribution in [-0.4, -0.2) is 46.9 Å². The van der Waals surface area contributed by atoms with Crippen LogP contribution in [0.1, 0.15) is 33.6 Å². The zero-order chi connectivity index (χ0) is 14.6. The highest BCUT2D eigenvalue weighted by Crippen LogP contribution is 2.13. The minimum atomic E-state index is -0.981. The largest absolute Gasteiger partial charge is 0.481 e. The molecule has 6 heteroatoms. The molecule has 0 spiro atoms. The summed E-state index contributed by atoms with van der Waals surface area (Å²) >= 11 is 0. The fourth-order valence-electron chi connectivity index (χ4n) is 2.09. The summed E-state index contributed by atoms with van der Waals surface area (Å²) in [6, 6.07) is -0.169. The molecule has 108 valence electrons. The second kappa shape index (κ2) is 6.54. The van der Waals surface area contributed by atoms with E-state index in [2.05, 4.69) is 5.32 Å². The molecule has 1 aliphatic rings. The van der Waals surface area contributed by atoms with Crippen LogP contribution >= 0.6 is 0 Å². The van der Waals surface area contributed by atoms with Gasteiger partial charge in [0.25, 0.3) is 0 Å². The van der Waals surface area contributed by atoms with Gasteiger partial charge in [-0.3, -0.25) is 14.4 Å². The molecular formula is C13H22N2O4. The van der Waals surface area contributed by atoms with Gasteiger partial charge in [-0.05, 0) is 13.3 Å². The number of carbonyl (C=O) groups excluding carboxylic acids is 2. The van der Waals surface area contributed by atoms with Crippen LogP contribution in [-0.2, 0) is 14.4 Å². The van der Waals surface area contributed by atoms with Crippen molar-refractivity contribution in [2.24, 2.45) is 11.8 Å². The van der Waals surface area contributed by atoms with Crippen molar-refractivity contribution < 1.29 is 19.5 Å². The molecule has 0 aromatic rings. The number of nitrogens with one attached hydrogen (secondary N) is 1. The van der Waals surface area contributed by atoms with Gasteiger partial charge in [0.05, 0.1) is 5.92 Å². The van der Waals surface area contributed by atoms with E-state index >= 15 is 0 Å². The summed E-state index contributed by atoms with van der Waals surface area (Å²) in [6.07, 6.45) is 1.44. The summed E-state index contributed by atoms with van der Waals surface area (Å²) in [6.45, 7) is 6.16. The number of nitrogens with zero attached hydrogens (tertiary/aromatic N) is 1. The van der Waals surface area contributed by atoms with Gasteiger partial charge >= 0.3 is 5.97 Å². The molecule has 6 nitrogen and oxygen atoms in total. The van der Waals surface area contributed by atoms with Crippen LogP contribution in [0.25, 0.3) is 0 Å². The summed E-state index contributed by atoms with van der Waals surface area (Å²) in [7, 11) is 0. The summed E-state index contributed by atoms with van der Waals surface area (Å²) in [5, 5.41) is 11.6. The average Bonchev–Trinajstić information content (AvgIpc) is 2.72. The number of carbonyl (C=O) groups is 3. The third kappa shape index (κ3) is 4.22. The third-order valence-corrected chi connectivity index (χ3v) is 3.61. The maximum atomic E-state index is 11.9. The van der Waals surface area contributed by atoms with E-state index < -0.39 is 17.8 Å². The lowest BCUT2D eigenvalue weighted by Crippen LogP contribution is -2.45. The normalized spacial score (nSPS) is 19.9. The first-order chi connectivity index (χ1) is 8.82. The second-order valence-electron chi connectivity index (χ2n) is 5.27. The minimum Gasteiger partial charge on any atom is -0.481 e. The number of hydrogen-bond acceptors (Lipinski definition) is 3. The fourth-order valence-corrected chi connectivity index (χ4v) is 2.09. The molecule has 1 heterocycles. The topological polar surface area (TPSA) is 86.7 Å². The Kier molecular flexibility index (Phi) is 5.32. The van der Waals surface area contributed by atoms with E-state index in [1.54, 1.807) is 11.8 Å². The molecule has 2 amide bonds. The zero-order valence-electron chi connectivity index (χ0n) is 11.7. The second-order valence-corrected chi connectivity index (χ2v) is 5.27. The molecule has 0 radical (unpaired) electrons. The van der Waals surface area contributed by atoms with Crippen molar-refractivity contribution in [1.29, 1.82) is 0 Å². The van der Waals surface area contributed by atoms with Gasteiger partial charge in [-0.15, -0.1) is 0 Å². The monoisotopic (exact) mass is 270 g/mol. The Morgan fingerprint density at radius 3 is 2.42 bits per heavy atom. The predicted molar refractivity (Wildman–Crippen MR) is 69.4 cm³/mol. The minimum absolute atomic E-state index is 0.119. The standard InChI is InChI=1S/C13H22N2O4/c1-8(7-15-6-4-5-11(15)16)14-12(17)9(2)10(3)13(18)19/h8-10H,4-7H2,1-3H3,(H,14,17)(H,18,19). The van der Waals surface area contributed by atoms with E-state index in [1.807, 2.05) is 6.92 Å². The lowest BCUT2D eigenvalue weighted by atomic mass is 9.95. The Morgan fingerprint density at radius 2 is 1.95 bits per heavy atom. The Morgan fingerprint density at radius 1 is 1.32 bits per heavy atom. The quantitative estimate of drug-likeness (QED) is 0.734. The average molecular weight is 270 g/mol. The number of rotatable bonds is 6. The van der Waals surface area contributed by atoms with Crippen molar-refractivity contribution in [1.82, 2.24) is 10.2 Å². The van der Waals surface area contributed by atoms with Crippen LogP contribution in [0.4, 0.5) is 0 Å². The number of carboxylic acids is 1. The Balaban J connectivity index is 2.43. The number of likely N-dealkylation sites (tertiary alicyclic amines) is 1. The molecule has 0 aromatic heterocycles. The van der Waals surface area contributed by atoms with Gasteiger partial charge in [0.15, 0.2) is 0 Å². The zero-order valence-corrected chi connectivity index (χ0v) is 11.7. The van der Waals surface area contributed by atoms with Crippen LogP contribution in [0.3, 0.4) is 0 Å².